The lowest BCUT2D eigenvalue weighted by atomic mass is 10.2. The molecule has 0 aromatic heterocycles. The highest BCUT2D eigenvalue weighted by Gasteiger charge is 1.93. The molecule has 0 aliphatic heterocycles. The van der Waals surface area contributed by atoms with Crippen LogP contribution in [0.15, 0.2) is 30.3 Å². The highest BCUT2D eigenvalue weighted by Crippen LogP contribution is 2.08. The van der Waals surface area contributed by atoms with E-state index < -0.39 is 0 Å². The topological polar surface area (TPSA) is 0 Å². The summed E-state index contributed by atoms with van der Waals surface area (Å²) in [5.74, 6) is 0. The van der Waals surface area contributed by atoms with Crippen molar-refractivity contribution in [2.24, 2.45) is 0 Å². The maximum Gasteiger partial charge on any atom is 0.0327 e. The molecule has 0 fully saturated rings. The molecule has 0 nitrogen and oxygen atoms in total. The van der Waals surface area contributed by atoms with Gasteiger partial charge < -0.3 is 0 Å². The fourth-order valence-corrected chi connectivity index (χ4v) is 0.934. The van der Waals surface area contributed by atoms with Crippen LogP contribution >= 0.6 is 0 Å². The molecule has 0 saturated heterocycles. The molecule has 0 spiro atoms. The molecule has 0 aliphatic carbocycles. The van der Waals surface area contributed by atoms with E-state index in [1.807, 2.05) is 18.2 Å². The van der Waals surface area contributed by atoms with E-state index in [1.54, 1.807) is 0 Å². The van der Waals surface area contributed by atoms with Crippen molar-refractivity contribution < 1.29 is 0 Å². The summed E-state index contributed by atoms with van der Waals surface area (Å²) in [4.78, 5) is 0. The average Bonchev–Trinajstić information content (AvgIpc) is 1.90. The molecule has 1 atom stereocenters. The zero-order valence-corrected chi connectivity index (χ0v) is 6.46. The molecule has 9 heavy (non-hydrogen) atoms. The van der Waals surface area contributed by atoms with Crippen molar-refractivity contribution in [1.82, 2.24) is 0 Å². The largest absolute Gasteiger partial charge is 0.0622 e. The monoisotopic (exact) mass is 133 g/mol. The van der Waals surface area contributed by atoms with Crippen LogP contribution in [0.3, 0.4) is 0 Å². The molecular weight excluding hydrogens is 124 g/mol. The first-order chi connectivity index (χ1) is 4.30. The van der Waals surface area contributed by atoms with Crippen LogP contribution in [-0.2, 0) is 0 Å². The summed E-state index contributed by atoms with van der Waals surface area (Å²) in [6, 6.07) is 10.3. The number of benzene rings is 1. The molecule has 1 rings (SSSR count). The molecule has 1 aromatic carbocycles. The molecule has 0 amide bonds. The lowest BCUT2D eigenvalue weighted by Crippen LogP contribution is -1.89. The van der Waals surface area contributed by atoms with E-state index >= 15 is 0 Å². The molecule has 0 N–H and O–H groups in total. The normalized spacial score (nSPS) is 13.1. The summed E-state index contributed by atoms with van der Waals surface area (Å²) in [6.07, 6.45) is 0. The lowest BCUT2D eigenvalue weighted by molar-refractivity contribution is 1.08. The Balaban J connectivity index is 2.85. The first-order valence-electron chi connectivity index (χ1n) is 3.07. The molecule has 0 aliphatic rings. The summed E-state index contributed by atoms with van der Waals surface area (Å²) < 4.78 is 0. The average molecular weight is 133 g/mol. The van der Waals surface area contributed by atoms with Gasteiger partial charge in [-0.1, -0.05) is 37.3 Å². The van der Waals surface area contributed by atoms with E-state index in [4.69, 9.17) is 0 Å². The van der Waals surface area contributed by atoms with Crippen molar-refractivity contribution in [3.8, 4) is 0 Å². The SMILES string of the molecule is CC([Si])c1ccccc1. The third-order valence-corrected chi connectivity index (χ3v) is 1.63. The first-order valence-corrected chi connectivity index (χ1v) is 3.64. The van der Waals surface area contributed by atoms with Gasteiger partial charge in [-0.05, 0) is 11.1 Å². The van der Waals surface area contributed by atoms with E-state index in [-0.39, 0.29) is 0 Å². The maximum atomic E-state index is 3.53. The predicted molar refractivity (Wildman–Crippen MR) is 40.6 cm³/mol. The van der Waals surface area contributed by atoms with Crippen molar-refractivity contribution in [3.63, 3.8) is 0 Å². The Morgan fingerprint density at radius 2 is 1.78 bits per heavy atom. The van der Waals surface area contributed by atoms with Gasteiger partial charge in [0.1, 0.15) is 0 Å². The van der Waals surface area contributed by atoms with Gasteiger partial charge in [0, 0.05) is 10.2 Å². The molecule has 1 unspecified atom stereocenters. The molecule has 0 bridgehead atoms. The minimum atomic E-state index is 0.464. The molecule has 0 saturated carbocycles. The Labute approximate surface area is 59.3 Å². The van der Waals surface area contributed by atoms with Crippen molar-refractivity contribution in [2.75, 3.05) is 0 Å². The van der Waals surface area contributed by atoms with Crippen LogP contribution in [0, 0.1) is 0 Å². The van der Waals surface area contributed by atoms with Crippen molar-refractivity contribution in [3.05, 3.63) is 35.9 Å². The van der Waals surface area contributed by atoms with Gasteiger partial charge >= 0.3 is 0 Å². The third kappa shape index (κ3) is 1.68. The highest BCUT2D eigenvalue weighted by molar-refractivity contribution is 6.12. The smallest absolute Gasteiger partial charge is 0.0327 e. The lowest BCUT2D eigenvalue weighted by Gasteiger charge is -2.01. The second-order valence-electron chi connectivity index (χ2n) is 2.13. The van der Waals surface area contributed by atoms with E-state index in [1.165, 1.54) is 5.56 Å². The standard InChI is InChI=1S/C8H9Si/c1-7(9)8-5-3-2-4-6-8/h2-7H,1H3. The van der Waals surface area contributed by atoms with Gasteiger partial charge in [-0.3, -0.25) is 0 Å². The molecule has 0 heterocycles. The molecule has 45 valence electrons. The van der Waals surface area contributed by atoms with Crippen LogP contribution in [0.1, 0.15) is 18.0 Å². The van der Waals surface area contributed by atoms with E-state index in [9.17, 15) is 0 Å². The maximum absolute atomic E-state index is 3.53. The van der Waals surface area contributed by atoms with Crippen LogP contribution in [-0.4, -0.2) is 10.2 Å². The van der Waals surface area contributed by atoms with Gasteiger partial charge in [0.2, 0.25) is 0 Å². The van der Waals surface area contributed by atoms with Gasteiger partial charge in [0.05, 0.1) is 0 Å². The Bertz CT molecular complexity index is 167. The van der Waals surface area contributed by atoms with Crippen molar-refractivity contribution >= 4 is 10.2 Å². The van der Waals surface area contributed by atoms with E-state index in [0.717, 1.165) is 0 Å². The predicted octanol–water partition coefficient (Wildman–Crippen LogP) is 1.92. The van der Waals surface area contributed by atoms with Crippen LogP contribution in [0.2, 0.25) is 0 Å². The molecule has 1 heteroatoms. The Morgan fingerprint density at radius 1 is 1.22 bits per heavy atom. The molecule has 3 radical (unpaired) electrons. The number of hydrogen-bond donors (Lipinski definition) is 0. The van der Waals surface area contributed by atoms with Crippen LogP contribution < -0.4 is 0 Å². The Hall–Kier alpha value is -0.563. The summed E-state index contributed by atoms with van der Waals surface area (Å²) in [5.41, 5.74) is 1.79. The van der Waals surface area contributed by atoms with Gasteiger partial charge in [0.15, 0.2) is 0 Å². The Kier molecular flexibility index (Phi) is 2.06. The second kappa shape index (κ2) is 2.83. The van der Waals surface area contributed by atoms with E-state index in [2.05, 4.69) is 29.3 Å². The van der Waals surface area contributed by atoms with Gasteiger partial charge in [0.25, 0.3) is 0 Å². The Morgan fingerprint density at radius 3 is 2.11 bits per heavy atom. The molecule has 1 aromatic rings. The van der Waals surface area contributed by atoms with Gasteiger partial charge in [-0.2, -0.15) is 0 Å². The molecular formula is C8H9Si. The summed E-state index contributed by atoms with van der Waals surface area (Å²) in [6.45, 7) is 2.12. The summed E-state index contributed by atoms with van der Waals surface area (Å²) in [5, 5.41) is 0. The van der Waals surface area contributed by atoms with Gasteiger partial charge in [-0.25, -0.2) is 0 Å². The van der Waals surface area contributed by atoms with Crippen LogP contribution in [0.25, 0.3) is 0 Å². The zero-order chi connectivity index (χ0) is 6.69. The van der Waals surface area contributed by atoms with Gasteiger partial charge in [-0.15, -0.1) is 0 Å². The van der Waals surface area contributed by atoms with Crippen molar-refractivity contribution in [1.29, 1.82) is 0 Å². The summed E-state index contributed by atoms with van der Waals surface area (Å²) in [7, 11) is 3.53. The second-order valence-corrected chi connectivity index (χ2v) is 3.00. The van der Waals surface area contributed by atoms with Crippen LogP contribution in [0.5, 0.6) is 0 Å². The first kappa shape index (κ1) is 6.56. The minimum Gasteiger partial charge on any atom is -0.0622 e. The van der Waals surface area contributed by atoms with Crippen LogP contribution in [0.4, 0.5) is 0 Å². The van der Waals surface area contributed by atoms with E-state index in [0.29, 0.717) is 5.54 Å². The number of rotatable bonds is 1. The van der Waals surface area contributed by atoms with Crippen molar-refractivity contribution in [2.45, 2.75) is 12.5 Å². The number of hydrogen-bond acceptors (Lipinski definition) is 0. The fraction of sp³-hybridized carbons (Fsp3) is 0.250. The minimum absolute atomic E-state index is 0.464. The fourth-order valence-electron chi connectivity index (χ4n) is 0.742. The summed E-state index contributed by atoms with van der Waals surface area (Å²) >= 11 is 0. The zero-order valence-electron chi connectivity index (χ0n) is 5.46. The third-order valence-electron chi connectivity index (χ3n) is 1.30. The quantitative estimate of drug-likeness (QED) is 0.513. The highest BCUT2D eigenvalue weighted by atomic mass is 28.1.